The van der Waals surface area contributed by atoms with Gasteiger partial charge in [0, 0.05) is 19.7 Å². The highest BCUT2D eigenvalue weighted by atomic mass is 79.9. The number of amides is 1. The van der Waals surface area contributed by atoms with Crippen molar-refractivity contribution in [3.05, 3.63) is 0 Å². The summed E-state index contributed by atoms with van der Waals surface area (Å²) in [7, 11) is 1.65. The molecule has 0 saturated heterocycles. The number of carbonyl (C=O) groups excluding carboxylic acids is 1. The van der Waals surface area contributed by atoms with Gasteiger partial charge in [0.15, 0.2) is 0 Å². The first-order valence-corrected chi connectivity index (χ1v) is 6.12. The van der Waals surface area contributed by atoms with E-state index in [1.54, 1.807) is 7.11 Å². The number of alkyl halides is 1. The molecular weight excluding hydrogens is 258 g/mol. The fraction of sp³-hybridized carbons (Fsp3) is 0.909. The largest absolute Gasteiger partial charge is 0.383 e. The Balaban J connectivity index is 4.55. The van der Waals surface area contributed by atoms with Gasteiger partial charge in [0.05, 0.1) is 10.9 Å². The van der Waals surface area contributed by atoms with Crippen molar-refractivity contribution < 1.29 is 9.53 Å². The van der Waals surface area contributed by atoms with Crippen molar-refractivity contribution in [3.8, 4) is 0 Å². The third-order valence-corrected chi connectivity index (χ3v) is 2.77. The van der Waals surface area contributed by atoms with Crippen LogP contribution in [-0.4, -0.2) is 41.4 Å². The molecule has 0 aromatic carbocycles. The molecule has 0 aliphatic rings. The Kier molecular flexibility index (Phi) is 6.44. The van der Waals surface area contributed by atoms with Crippen molar-refractivity contribution in [2.45, 2.75) is 44.5 Å². The lowest BCUT2D eigenvalue weighted by atomic mass is 10.1. The van der Waals surface area contributed by atoms with E-state index in [9.17, 15) is 4.79 Å². The fourth-order valence-electron chi connectivity index (χ4n) is 1.27. The van der Waals surface area contributed by atoms with E-state index >= 15 is 0 Å². The summed E-state index contributed by atoms with van der Waals surface area (Å²) in [5.41, 5.74) is 0. The Hall–Kier alpha value is -0.0900. The van der Waals surface area contributed by atoms with Gasteiger partial charge in [-0.3, -0.25) is 4.79 Å². The zero-order valence-corrected chi connectivity index (χ0v) is 11.9. The van der Waals surface area contributed by atoms with Crippen LogP contribution >= 0.6 is 15.9 Å². The zero-order chi connectivity index (χ0) is 12.1. The van der Waals surface area contributed by atoms with Crippen LogP contribution in [0, 0.1) is 0 Å². The third kappa shape index (κ3) is 4.98. The second-order valence-corrected chi connectivity index (χ2v) is 6.20. The topological polar surface area (TPSA) is 29.5 Å². The lowest BCUT2D eigenvalue weighted by molar-refractivity contribution is -0.135. The van der Waals surface area contributed by atoms with E-state index in [4.69, 9.17) is 4.74 Å². The minimum Gasteiger partial charge on any atom is -0.383 e. The molecule has 0 heterocycles. The van der Waals surface area contributed by atoms with E-state index in [1.807, 2.05) is 18.7 Å². The maximum absolute atomic E-state index is 12.1. The Morgan fingerprint density at radius 2 is 2.07 bits per heavy atom. The fourth-order valence-corrected chi connectivity index (χ4v) is 1.50. The molecule has 0 aromatic rings. The SMILES string of the molecule is CCC(C)N(CCOC)C(=O)C(C)(C)Br. The molecule has 1 unspecified atom stereocenters. The molecule has 0 radical (unpaired) electrons. The highest BCUT2D eigenvalue weighted by Crippen LogP contribution is 2.21. The van der Waals surface area contributed by atoms with Gasteiger partial charge in [0.1, 0.15) is 0 Å². The van der Waals surface area contributed by atoms with Gasteiger partial charge in [0.25, 0.3) is 0 Å². The molecule has 90 valence electrons. The van der Waals surface area contributed by atoms with Crippen LogP contribution in [0.2, 0.25) is 0 Å². The first-order valence-electron chi connectivity index (χ1n) is 5.33. The smallest absolute Gasteiger partial charge is 0.239 e. The van der Waals surface area contributed by atoms with Gasteiger partial charge in [-0.15, -0.1) is 0 Å². The summed E-state index contributed by atoms with van der Waals surface area (Å²) < 4.78 is 4.52. The summed E-state index contributed by atoms with van der Waals surface area (Å²) in [6.07, 6.45) is 0.957. The van der Waals surface area contributed by atoms with E-state index in [0.717, 1.165) is 6.42 Å². The average Bonchev–Trinajstić information content (AvgIpc) is 2.16. The highest BCUT2D eigenvalue weighted by molar-refractivity contribution is 9.10. The van der Waals surface area contributed by atoms with Crippen molar-refractivity contribution in [1.29, 1.82) is 0 Å². The average molecular weight is 280 g/mol. The molecule has 0 saturated carbocycles. The molecular formula is C11H22BrNO2. The second-order valence-electron chi connectivity index (χ2n) is 4.22. The highest BCUT2D eigenvalue weighted by Gasteiger charge is 2.30. The Bertz CT molecular complexity index is 201. The van der Waals surface area contributed by atoms with Crippen LogP contribution in [0.1, 0.15) is 34.1 Å². The molecule has 0 aliphatic carbocycles. The quantitative estimate of drug-likeness (QED) is 0.699. The zero-order valence-electron chi connectivity index (χ0n) is 10.3. The number of nitrogens with zero attached hydrogens (tertiary/aromatic N) is 1. The number of hydrogen-bond donors (Lipinski definition) is 0. The Morgan fingerprint density at radius 3 is 2.40 bits per heavy atom. The molecule has 1 amide bonds. The number of halogens is 1. The molecule has 0 fully saturated rings. The Labute approximate surface area is 101 Å². The van der Waals surface area contributed by atoms with E-state index in [-0.39, 0.29) is 11.9 Å². The van der Waals surface area contributed by atoms with Gasteiger partial charge in [-0.25, -0.2) is 0 Å². The van der Waals surface area contributed by atoms with Crippen LogP contribution in [0.3, 0.4) is 0 Å². The molecule has 1 atom stereocenters. The Morgan fingerprint density at radius 1 is 1.53 bits per heavy atom. The van der Waals surface area contributed by atoms with E-state index in [2.05, 4.69) is 29.8 Å². The summed E-state index contributed by atoms with van der Waals surface area (Å²) in [6, 6.07) is 0.254. The maximum Gasteiger partial charge on any atom is 0.239 e. The van der Waals surface area contributed by atoms with E-state index in [0.29, 0.717) is 13.2 Å². The van der Waals surface area contributed by atoms with E-state index in [1.165, 1.54) is 0 Å². The minimum atomic E-state index is -0.496. The molecule has 0 N–H and O–H groups in total. The predicted molar refractivity (Wildman–Crippen MR) is 66.3 cm³/mol. The molecule has 0 aliphatic heterocycles. The molecule has 3 nitrogen and oxygen atoms in total. The lowest BCUT2D eigenvalue weighted by Crippen LogP contribution is -2.47. The molecule has 0 spiro atoms. The van der Waals surface area contributed by atoms with Crippen LogP contribution in [0.5, 0.6) is 0 Å². The van der Waals surface area contributed by atoms with Crippen LogP contribution in [0.4, 0.5) is 0 Å². The van der Waals surface area contributed by atoms with Crippen molar-refractivity contribution in [3.63, 3.8) is 0 Å². The third-order valence-electron chi connectivity index (χ3n) is 2.43. The summed E-state index contributed by atoms with van der Waals surface area (Å²) >= 11 is 3.40. The minimum absolute atomic E-state index is 0.119. The first-order chi connectivity index (χ1) is 6.84. The number of rotatable bonds is 6. The summed E-state index contributed by atoms with van der Waals surface area (Å²) in [6.45, 7) is 9.12. The first kappa shape index (κ1) is 14.9. The summed E-state index contributed by atoms with van der Waals surface area (Å²) in [5, 5.41) is 0. The predicted octanol–water partition coefficient (Wildman–Crippen LogP) is 2.43. The normalized spacial score (nSPS) is 13.7. The standard InChI is InChI=1S/C11H22BrNO2/c1-6-9(2)13(7-8-15-5)10(14)11(3,4)12/h9H,6-8H2,1-5H3. The van der Waals surface area contributed by atoms with Gasteiger partial charge in [-0.2, -0.15) is 0 Å². The molecule has 0 rings (SSSR count). The number of methoxy groups -OCH3 is 1. The van der Waals surface area contributed by atoms with Gasteiger partial charge < -0.3 is 9.64 Å². The summed E-state index contributed by atoms with van der Waals surface area (Å²) in [4.78, 5) is 14.0. The van der Waals surface area contributed by atoms with Gasteiger partial charge >= 0.3 is 0 Å². The lowest BCUT2D eigenvalue weighted by Gasteiger charge is -2.33. The van der Waals surface area contributed by atoms with Crippen LogP contribution in [0.25, 0.3) is 0 Å². The van der Waals surface area contributed by atoms with Gasteiger partial charge in [0.2, 0.25) is 5.91 Å². The number of carbonyl (C=O) groups is 1. The van der Waals surface area contributed by atoms with Crippen molar-refractivity contribution in [1.82, 2.24) is 4.90 Å². The van der Waals surface area contributed by atoms with Gasteiger partial charge in [-0.05, 0) is 27.2 Å². The molecule has 15 heavy (non-hydrogen) atoms. The molecule has 4 heteroatoms. The van der Waals surface area contributed by atoms with E-state index < -0.39 is 4.32 Å². The van der Waals surface area contributed by atoms with Crippen LogP contribution in [0.15, 0.2) is 0 Å². The van der Waals surface area contributed by atoms with Crippen LogP contribution in [-0.2, 0) is 9.53 Å². The van der Waals surface area contributed by atoms with Crippen molar-refractivity contribution in [2.75, 3.05) is 20.3 Å². The second kappa shape index (κ2) is 6.48. The molecule has 0 bridgehead atoms. The number of ether oxygens (including phenoxy) is 1. The van der Waals surface area contributed by atoms with Gasteiger partial charge in [-0.1, -0.05) is 22.9 Å². The van der Waals surface area contributed by atoms with Crippen LogP contribution < -0.4 is 0 Å². The number of hydrogen-bond acceptors (Lipinski definition) is 2. The van der Waals surface area contributed by atoms with Crippen molar-refractivity contribution in [2.24, 2.45) is 0 Å². The monoisotopic (exact) mass is 279 g/mol. The molecule has 0 aromatic heterocycles. The maximum atomic E-state index is 12.1. The van der Waals surface area contributed by atoms with Crippen molar-refractivity contribution >= 4 is 21.8 Å². The summed E-state index contributed by atoms with van der Waals surface area (Å²) in [5.74, 6) is 0.119.